The predicted octanol–water partition coefficient (Wildman–Crippen LogP) is 7.29. The van der Waals surface area contributed by atoms with Gasteiger partial charge in [0.15, 0.2) is 0 Å². The second kappa shape index (κ2) is 17.1. The van der Waals surface area contributed by atoms with Gasteiger partial charge in [0.05, 0.1) is 33.0 Å². The molecule has 242 valence electrons. The quantitative estimate of drug-likeness (QED) is 0.131. The van der Waals surface area contributed by atoms with Crippen molar-refractivity contribution in [3.63, 3.8) is 0 Å². The Morgan fingerprint density at radius 2 is 0.489 bits per heavy atom. The normalized spacial score (nSPS) is 22.6. The number of ether oxygens (including phenoxy) is 5. The van der Waals surface area contributed by atoms with Crippen LogP contribution in [0.25, 0.3) is 0 Å². The molecule has 0 saturated heterocycles. The fraction of sp³-hybridized carbons (Fsp3) is 0.268. The standard InChI is InChI=1S/C41H42O6/c42-36-37(43-26-31-16-6-1-7-17-31)39(45-28-33-20-10-3-11-21-33)41(47-30-35-24-14-5-15-25-35)40(46-29-34-22-12-4-13-23-34)38(36)44-27-32-18-8-2-9-19-32/h1-25,36-42H,26-30H2/t36?,37-,38-,39+,40+,41?/m0/s1. The van der Waals surface area contributed by atoms with Crippen molar-refractivity contribution in [1.29, 1.82) is 0 Å². The number of benzene rings is 5. The first-order valence-electron chi connectivity index (χ1n) is 16.2. The average Bonchev–Trinajstić information content (AvgIpc) is 3.14. The van der Waals surface area contributed by atoms with Crippen LogP contribution < -0.4 is 0 Å². The van der Waals surface area contributed by atoms with Gasteiger partial charge in [0, 0.05) is 0 Å². The van der Waals surface area contributed by atoms with Crippen molar-refractivity contribution in [3.05, 3.63) is 179 Å². The minimum Gasteiger partial charge on any atom is -0.387 e. The van der Waals surface area contributed by atoms with Gasteiger partial charge in [-0.15, -0.1) is 0 Å². The highest BCUT2D eigenvalue weighted by Crippen LogP contribution is 2.35. The van der Waals surface area contributed by atoms with Gasteiger partial charge in [-0.3, -0.25) is 0 Å². The molecule has 0 spiro atoms. The lowest BCUT2D eigenvalue weighted by Gasteiger charge is -2.48. The SMILES string of the molecule is OC1[C@H](OCc2ccccc2)[C@@H](OCc2ccccc2)C(OCc2ccccc2)[C@H](OCc2ccccc2)[C@H]1OCc1ccccc1. The van der Waals surface area contributed by atoms with Crippen molar-refractivity contribution in [1.82, 2.24) is 0 Å². The largest absolute Gasteiger partial charge is 0.387 e. The summed E-state index contributed by atoms with van der Waals surface area (Å²) in [4.78, 5) is 0. The Balaban J connectivity index is 1.35. The fourth-order valence-electron chi connectivity index (χ4n) is 5.93. The third-order valence-corrected chi connectivity index (χ3v) is 8.39. The van der Waals surface area contributed by atoms with Crippen LogP contribution in [0.1, 0.15) is 27.8 Å². The zero-order valence-electron chi connectivity index (χ0n) is 26.4. The van der Waals surface area contributed by atoms with E-state index in [2.05, 4.69) is 0 Å². The molecular formula is C41H42O6. The Bertz CT molecular complexity index is 1470. The molecule has 47 heavy (non-hydrogen) atoms. The van der Waals surface area contributed by atoms with E-state index in [4.69, 9.17) is 23.7 Å². The van der Waals surface area contributed by atoms with Gasteiger partial charge in [0.2, 0.25) is 0 Å². The maximum Gasteiger partial charge on any atom is 0.116 e. The maximum absolute atomic E-state index is 12.2. The van der Waals surface area contributed by atoms with Gasteiger partial charge in [-0.2, -0.15) is 0 Å². The van der Waals surface area contributed by atoms with Crippen LogP contribution in [0.3, 0.4) is 0 Å². The molecule has 1 N–H and O–H groups in total. The molecule has 6 heteroatoms. The van der Waals surface area contributed by atoms with Gasteiger partial charge >= 0.3 is 0 Å². The van der Waals surface area contributed by atoms with E-state index in [9.17, 15) is 5.11 Å². The van der Waals surface area contributed by atoms with Crippen molar-refractivity contribution in [2.45, 2.75) is 69.7 Å². The van der Waals surface area contributed by atoms with E-state index in [-0.39, 0.29) is 0 Å². The number of hydrogen-bond acceptors (Lipinski definition) is 6. The van der Waals surface area contributed by atoms with Crippen LogP contribution in [0.4, 0.5) is 0 Å². The molecule has 5 aromatic rings. The predicted molar refractivity (Wildman–Crippen MR) is 181 cm³/mol. The molecule has 0 amide bonds. The lowest BCUT2D eigenvalue weighted by Crippen LogP contribution is -2.66. The summed E-state index contributed by atoms with van der Waals surface area (Å²) < 4.78 is 33.3. The second-order valence-corrected chi connectivity index (χ2v) is 11.8. The molecule has 5 aromatic carbocycles. The molecule has 6 rings (SSSR count). The summed E-state index contributed by atoms with van der Waals surface area (Å²) in [5, 5.41) is 12.2. The summed E-state index contributed by atoms with van der Waals surface area (Å²) in [6.07, 6.45) is -4.58. The summed E-state index contributed by atoms with van der Waals surface area (Å²) >= 11 is 0. The van der Waals surface area contributed by atoms with Crippen molar-refractivity contribution >= 4 is 0 Å². The zero-order valence-corrected chi connectivity index (χ0v) is 26.4. The highest BCUT2D eigenvalue weighted by atomic mass is 16.6. The summed E-state index contributed by atoms with van der Waals surface area (Å²) in [6, 6.07) is 49.9. The smallest absolute Gasteiger partial charge is 0.116 e. The highest BCUT2D eigenvalue weighted by molar-refractivity contribution is 5.18. The molecule has 0 heterocycles. The van der Waals surface area contributed by atoms with Crippen molar-refractivity contribution in [2.24, 2.45) is 0 Å². The molecule has 1 aliphatic rings. The summed E-state index contributed by atoms with van der Waals surface area (Å²) in [5.74, 6) is 0. The first-order chi connectivity index (χ1) is 23.2. The molecular weight excluding hydrogens is 588 g/mol. The van der Waals surface area contributed by atoms with Gasteiger partial charge in [-0.05, 0) is 27.8 Å². The van der Waals surface area contributed by atoms with Crippen LogP contribution in [0.15, 0.2) is 152 Å². The fourth-order valence-corrected chi connectivity index (χ4v) is 5.93. The first kappa shape index (κ1) is 32.8. The van der Waals surface area contributed by atoms with Crippen LogP contribution in [0, 0.1) is 0 Å². The molecule has 0 bridgehead atoms. The van der Waals surface area contributed by atoms with E-state index >= 15 is 0 Å². The molecule has 0 aromatic heterocycles. The Labute approximate surface area is 277 Å². The first-order valence-corrected chi connectivity index (χ1v) is 16.2. The average molecular weight is 631 g/mol. The van der Waals surface area contributed by atoms with E-state index in [1.165, 1.54) is 0 Å². The van der Waals surface area contributed by atoms with E-state index in [1.807, 2.05) is 152 Å². The molecule has 0 radical (unpaired) electrons. The molecule has 4 atom stereocenters. The molecule has 0 unspecified atom stereocenters. The lowest BCUT2D eigenvalue weighted by atomic mass is 9.83. The summed E-state index contributed by atoms with van der Waals surface area (Å²) in [5.41, 5.74) is 5.02. The Kier molecular flexibility index (Phi) is 12.0. The van der Waals surface area contributed by atoms with E-state index < -0.39 is 36.6 Å². The summed E-state index contributed by atoms with van der Waals surface area (Å²) in [6.45, 7) is 1.54. The monoisotopic (exact) mass is 630 g/mol. The van der Waals surface area contributed by atoms with Crippen LogP contribution in [0.2, 0.25) is 0 Å². The van der Waals surface area contributed by atoms with Crippen molar-refractivity contribution < 1.29 is 28.8 Å². The molecule has 1 fully saturated rings. The van der Waals surface area contributed by atoms with E-state index in [1.54, 1.807) is 0 Å². The Hall–Kier alpha value is -4.14. The minimum absolute atomic E-state index is 0.292. The van der Waals surface area contributed by atoms with Gasteiger partial charge in [-0.25, -0.2) is 0 Å². The molecule has 6 nitrogen and oxygen atoms in total. The van der Waals surface area contributed by atoms with Gasteiger partial charge in [0.25, 0.3) is 0 Å². The maximum atomic E-state index is 12.2. The topological polar surface area (TPSA) is 66.4 Å². The zero-order chi connectivity index (χ0) is 32.1. The van der Waals surface area contributed by atoms with Crippen LogP contribution in [-0.2, 0) is 56.7 Å². The Morgan fingerprint density at radius 3 is 0.723 bits per heavy atom. The number of aliphatic hydroxyl groups excluding tert-OH is 1. The molecule has 1 aliphatic carbocycles. The van der Waals surface area contributed by atoms with Gasteiger partial charge in [0.1, 0.15) is 36.6 Å². The lowest BCUT2D eigenvalue weighted by molar-refractivity contribution is -0.283. The van der Waals surface area contributed by atoms with Crippen LogP contribution >= 0.6 is 0 Å². The third kappa shape index (κ3) is 9.24. The third-order valence-electron chi connectivity index (χ3n) is 8.39. The van der Waals surface area contributed by atoms with Crippen LogP contribution in [0.5, 0.6) is 0 Å². The minimum atomic E-state index is -1.07. The van der Waals surface area contributed by atoms with Crippen molar-refractivity contribution in [2.75, 3.05) is 0 Å². The van der Waals surface area contributed by atoms with Crippen molar-refractivity contribution in [3.8, 4) is 0 Å². The van der Waals surface area contributed by atoms with Crippen LogP contribution in [-0.4, -0.2) is 41.7 Å². The van der Waals surface area contributed by atoms with E-state index in [0.29, 0.717) is 33.0 Å². The summed E-state index contributed by atoms with van der Waals surface area (Å²) in [7, 11) is 0. The highest BCUT2D eigenvalue weighted by Gasteiger charge is 2.54. The van der Waals surface area contributed by atoms with Gasteiger partial charge in [-0.1, -0.05) is 152 Å². The van der Waals surface area contributed by atoms with E-state index in [0.717, 1.165) is 27.8 Å². The van der Waals surface area contributed by atoms with Gasteiger partial charge < -0.3 is 28.8 Å². The second-order valence-electron chi connectivity index (χ2n) is 11.8. The number of rotatable bonds is 15. The number of aliphatic hydroxyl groups is 1. The number of hydrogen-bond donors (Lipinski definition) is 1. The Morgan fingerprint density at radius 1 is 0.298 bits per heavy atom. The molecule has 0 aliphatic heterocycles. The molecule has 1 saturated carbocycles.